The predicted molar refractivity (Wildman–Crippen MR) is 64.0 cm³/mol. The summed E-state index contributed by atoms with van der Waals surface area (Å²) in [6.07, 6.45) is 1.67. The van der Waals surface area contributed by atoms with Crippen LogP contribution in [0.4, 0.5) is 8.78 Å². The zero-order valence-corrected chi connectivity index (χ0v) is 10.1. The van der Waals surface area contributed by atoms with Crippen LogP contribution >= 0.6 is 11.3 Å². The van der Waals surface area contributed by atoms with Crippen LogP contribution < -0.4 is 5.32 Å². The van der Waals surface area contributed by atoms with E-state index in [0.717, 1.165) is 17.0 Å². The molecule has 1 aromatic heterocycles. The van der Waals surface area contributed by atoms with Crippen molar-refractivity contribution in [2.75, 3.05) is 6.54 Å². The summed E-state index contributed by atoms with van der Waals surface area (Å²) in [5.41, 5.74) is 1.99. The van der Waals surface area contributed by atoms with Crippen LogP contribution in [0.15, 0.2) is 29.9 Å². The summed E-state index contributed by atoms with van der Waals surface area (Å²) in [5, 5.41) is 3.13. The number of aromatic nitrogens is 1. The van der Waals surface area contributed by atoms with Gasteiger partial charge in [-0.3, -0.25) is 4.98 Å². The molecule has 0 bridgehead atoms. The van der Waals surface area contributed by atoms with Crippen LogP contribution in [-0.4, -0.2) is 11.5 Å². The highest BCUT2D eigenvalue weighted by molar-refractivity contribution is 7.09. The minimum Gasteiger partial charge on any atom is -0.306 e. The van der Waals surface area contributed by atoms with E-state index in [-0.39, 0.29) is 6.04 Å². The Balaban J connectivity index is 2.42. The maximum atomic E-state index is 13.7. The molecular weight excluding hydrogens is 242 g/mol. The van der Waals surface area contributed by atoms with Gasteiger partial charge in [0, 0.05) is 16.6 Å². The van der Waals surface area contributed by atoms with E-state index >= 15 is 0 Å². The Labute approximate surface area is 102 Å². The number of halogens is 2. The number of nitrogens with zero attached hydrogens (tertiary/aromatic N) is 1. The SMILES string of the molecule is CCNC(c1cncs1)c1cc(F)ccc1F. The third-order valence-electron chi connectivity index (χ3n) is 2.41. The zero-order valence-electron chi connectivity index (χ0n) is 9.28. The van der Waals surface area contributed by atoms with Gasteiger partial charge in [-0.25, -0.2) is 8.78 Å². The Morgan fingerprint density at radius 2 is 2.24 bits per heavy atom. The first-order chi connectivity index (χ1) is 8.22. The smallest absolute Gasteiger partial charge is 0.128 e. The van der Waals surface area contributed by atoms with Crippen molar-refractivity contribution in [3.63, 3.8) is 0 Å². The van der Waals surface area contributed by atoms with Crippen molar-refractivity contribution in [2.45, 2.75) is 13.0 Å². The van der Waals surface area contributed by atoms with E-state index < -0.39 is 11.6 Å². The maximum absolute atomic E-state index is 13.7. The standard InChI is InChI=1S/C12H12F2N2S/c1-2-16-12(11-6-15-7-17-11)9-5-8(13)3-4-10(9)14/h3-7,12,16H,2H2,1H3. The summed E-state index contributed by atoms with van der Waals surface area (Å²) < 4.78 is 26.9. The summed E-state index contributed by atoms with van der Waals surface area (Å²) >= 11 is 1.42. The van der Waals surface area contributed by atoms with Crippen LogP contribution in [0.25, 0.3) is 0 Å². The lowest BCUT2D eigenvalue weighted by molar-refractivity contribution is 0.548. The van der Waals surface area contributed by atoms with Gasteiger partial charge in [0.25, 0.3) is 0 Å². The van der Waals surface area contributed by atoms with Gasteiger partial charge in [0.05, 0.1) is 11.6 Å². The lowest BCUT2D eigenvalue weighted by atomic mass is 10.0. The third kappa shape index (κ3) is 2.68. The molecule has 2 rings (SSSR count). The molecule has 1 atom stereocenters. The average molecular weight is 254 g/mol. The number of hydrogen-bond donors (Lipinski definition) is 1. The fourth-order valence-corrected chi connectivity index (χ4v) is 2.38. The quantitative estimate of drug-likeness (QED) is 0.906. The molecule has 17 heavy (non-hydrogen) atoms. The fraction of sp³-hybridized carbons (Fsp3) is 0.250. The third-order valence-corrected chi connectivity index (χ3v) is 3.25. The van der Waals surface area contributed by atoms with Gasteiger partial charge in [-0.05, 0) is 24.7 Å². The highest BCUT2D eigenvalue weighted by atomic mass is 32.1. The first-order valence-electron chi connectivity index (χ1n) is 5.29. The molecule has 2 nitrogen and oxygen atoms in total. The van der Waals surface area contributed by atoms with Gasteiger partial charge in [-0.1, -0.05) is 6.92 Å². The van der Waals surface area contributed by atoms with Crippen LogP contribution in [0, 0.1) is 11.6 Å². The topological polar surface area (TPSA) is 24.9 Å². The van der Waals surface area contributed by atoms with Crippen LogP contribution in [-0.2, 0) is 0 Å². The molecule has 1 N–H and O–H groups in total. The minimum atomic E-state index is -0.436. The van der Waals surface area contributed by atoms with Crippen molar-refractivity contribution in [3.8, 4) is 0 Å². The fourth-order valence-electron chi connectivity index (χ4n) is 1.67. The van der Waals surface area contributed by atoms with E-state index in [1.807, 2.05) is 6.92 Å². The maximum Gasteiger partial charge on any atom is 0.128 e. The molecule has 1 heterocycles. The van der Waals surface area contributed by atoms with Gasteiger partial charge < -0.3 is 5.32 Å². The van der Waals surface area contributed by atoms with Gasteiger partial charge >= 0.3 is 0 Å². The predicted octanol–water partition coefficient (Wildman–Crippen LogP) is 3.12. The molecule has 0 saturated heterocycles. The van der Waals surface area contributed by atoms with E-state index in [4.69, 9.17) is 0 Å². The first-order valence-corrected chi connectivity index (χ1v) is 6.17. The average Bonchev–Trinajstić information content (AvgIpc) is 2.83. The van der Waals surface area contributed by atoms with E-state index in [9.17, 15) is 8.78 Å². The Morgan fingerprint density at radius 1 is 1.41 bits per heavy atom. The van der Waals surface area contributed by atoms with Crippen molar-refractivity contribution >= 4 is 11.3 Å². The molecule has 0 aliphatic rings. The largest absolute Gasteiger partial charge is 0.306 e. The highest BCUT2D eigenvalue weighted by Gasteiger charge is 2.18. The Kier molecular flexibility index (Phi) is 3.81. The lowest BCUT2D eigenvalue weighted by Crippen LogP contribution is -2.22. The van der Waals surface area contributed by atoms with Crippen molar-refractivity contribution in [2.24, 2.45) is 0 Å². The second-order valence-corrected chi connectivity index (χ2v) is 4.48. The Bertz CT molecular complexity index is 485. The lowest BCUT2D eigenvalue weighted by Gasteiger charge is -2.17. The van der Waals surface area contributed by atoms with Crippen LogP contribution in [0.1, 0.15) is 23.4 Å². The van der Waals surface area contributed by atoms with Crippen molar-refractivity contribution in [3.05, 3.63) is 52.0 Å². The molecule has 0 amide bonds. The van der Waals surface area contributed by atoms with E-state index in [0.29, 0.717) is 12.1 Å². The van der Waals surface area contributed by atoms with Crippen molar-refractivity contribution in [1.82, 2.24) is 10.3 Å². The van der Waals surface area contributed by atoms with Crippen LogP contribution in [0.2, 0.25) is 0 Å². The molecule has 0 saturated carbocycles. The molecule has 1 aromatic carbocycles. The zero-order chi connectivity index (χ0) is 12.3. The van der Waals surface area contributed by atoms with Crippen LogP contribution in [0.5, 0.6) is 0 Å². The summed E-state index contributed by atoms with van der Waals surface area (Å²) in [7, 11) is 0. The Morgan fingerprint density at radius 3 is 2.88 bits per heavy atom. The monoisotopic (exact) mass is 254 g/mol. The molecule has 1 unspecified atom stereocenters. The van der Waals surface area contributed by atoms with E-state index in [2.05, 4.69) is 10.3 Å². The van der Waals surface area contributed by atoms with Gasteiger partial charge in [-0.15, -0.1) is 11.3 Å². The number of rotatable bonds is 4. The van der Waals surface area contributed by atoms with E-state index in [1.54, 1.807) is 11.7 Å². The molecule has 0 aliphatic carbocycles. The van der Waals surface area contributed by atoms with E-state index in [1.165, 1.54) is 17.4 Å². The van der Waals surface area contributed by atoms with Crippen LogP contribution in [0.3, 0.4) is 0 Å². The Hall–Kier alpha value is -1.33. The molecule has 0 fully saturated rings. The molecule has 5 heteroatoms. The summed E-state index contributed by atoms with van der Waals surface area (Å²) in [6.45, 7) is 2.59. The highest BCUT2D eigenvalue weighted by Crippen LogP contribution is 2.27. The number of hydrogen-bond acceptors (Lipinski definition) is 3. The number of nitrogens with one attached hydrogen (secondary N) is 1. The summed E-state index contributed by atoms with van der Waals surface area (Å²) in [5.74, 6) is -0.848. The number of benzene rings is 1. The second-order valence-electron chi connectivity index (χ2n) is 3.56. The van der Waals surface area contributed by atoms with Gasteiger partial charge in [0.1, 0.15) is 11.6 Å². The van der Waals surface area contributed by atoms with Gasteiger partial charge in [0.15, 0.2) is 0 Å². The van der Waals surface area contributed by atoms with Crippen molar-refractivity contribution in [1.29, 1.82) is 0 Å². The summed E-state index contributed by atoms with van der Waals surface area (Å²) in [4.78, 5) is 4.84. The molecule has 0 radical (unpaired) electrons. The first kappa shape index (κ1) is 12.1. The van der Waals surface area contributed by atoms with Gasteiger partial charge in [0.2, 0.25) is 0 Å². The van der Waals surface area contributed by atoms with Gasteiger partial charge in [-0.2, -0.15) is 0 Å². The van der Waals surface area contributed by atoms with Crippen molar-refractivity contribution < 1.29 is 8.78 Å². The molecule has 0 spiro atoms. The molecule has 90 valence electrons. The molecule has 2 aromatic rings. The molecular formula is C12H12F2N2S. The normalized spacial score (nSPS) is 12.6. The summed E-state index contributed by atoms with van der Waals surface area (Å²) in [6, 6.07) is 3.15. The number of thiazole rings is 1. The minimum absolute atomic E-state index is 0.316. The molecule has 0 aliphatic heterocycles. The second kappa shape index (κ2) is 5.33.